The van der Waals surface area contributed by atoms with Crippen molar-refractivity contribution in [2.24, 2.45) is 13.0 Å². The van der Waals surface area contributed by atoms with E-state index in [1.54, 1.807) is 12.1 Å². The number of fused-ring (bicyclic) bond motifs is 1. The molecule has 0 aliphatic carbocycles. The molecule has 6 heteroatoms. The van der Waals surface area contributed by atoms with Crippen LogP contribution in [0.15, 0.2) is 46.9 Å². The summed E-state index contributed by atoms with van der Waals surface area (Å²) in [5.41, 5.74) is 3.17. The molecule has 0 aliphatic rings. The number of aromatic nitrogens is 1. The predicted molar refractivity (Wildman–Crippen MR) is 129 cm³/mol. The Morgan fingerprint density at radius 1 is 1.13 bits per heavy atom. The lowest BCUT2D eigenvalue weighted by molar-refractivity contribution is 0.0600. The van der Waals surface area contributed by atoms with E-state index < -0.39 is 0 Å². The zero-order valence-corrected chi connectivity index (χ0v) is 20.4. The van der Waals surface area contributed by atoms with Crippen LogP contribution in [-0.4, -0.2) is 23.4 Å². The smallest absolute Gasteiger partial charge is 0.337 e. The Hall–Kier alpha value is -2.11. The van der Waals surface area contributed by atoms with E-state index in [4.69, 9.17) is 16.3 Å². The molecule has 0 radical (unpaired) electrons. The summed E-state index contributed by atoms with van der Waals surface area (Å²) in [5.74, 6) is -0.392. The average Bonchev–Trinajstić information content (AvgIpc) is 3.08. The second-order valence-electron chi connectivity index (χ2n) is 7.85. The fraction of sp³-hybridized carbons (Fsp3) is 0.360. The quantitative estimate of drug-likeness (QED) is 0.179. The molecule has 0 N–H and O–H groups in total. The number of esters is 1. The van der Waals surface area contributed by atoms with Gasteiger partial charge in [0, 0.05) is 33.4 Å². The Balaban J connectivity index is 1.91. The van der Waals surface area contributed by atoms with E-state index in [2.05, 4.69) is 22.9 Å². The highest BCUT2D eigenvalue weighted by Crippen LogP contribution is 2.29. The first-order valence-corrected chi connectivity index (χ1v) is 11.7. The van der Waals surface area contributed by atoms with E-state index in [1.165, 1.54) is 7.11 Å². The highest BCUT2D eigenvalue weighted by Gasteiger charge is 2.24. The number of Topliss-reactive ketones (excluding diaryl/α,β-unsaturated/α-hetero) is 1. The minimum Gasteiger partial charge on any atom is -0.465 e. The standard InChI is InChI=1S/C25H27BrClNO3/c1-4-5-6-7-17(12-16-8-9-18(14-21(16)26)25(30)31-3)24(29)23-15-19-13-20(27)10-11-22(19)28(23)2/h8-11,13-15,17H,4-7,12H2,1-3H3. The van der Waals surface area contributed by atoms with E-state index in [-0.39, 0.29) is 17.7 Å². The molecule has 1 unspecified atom stereocenters. The van der Waals surface area contributed by atoms with Crippen LogP contribution in [0.5, 0.6) is 0 Å². The van der Waals surface area contributed by atoms with Crippen LogP contribution in [0.4, 0.5) is 0 Å². The SMILES string of the molecule is CCCCCC(Cc1ccc(C(=O)OC)cc1Br)C(=O)c1cc2cc(Cl)ccc2n1C. The van der Waals surface area contributed by atoms with Gasteiger partial charge in [0.05, 0.1) is 18.4 Å². The Morgan fingerprint density at radius 2 is 1.90 bits per heavy atom. The summed E-state index contributed by atoms with van der Waals surface area (Å²) in [6, 6.07) is 13.0. The molecular weight excluding hydrogens is 478 g/mol. The van der Waals surface area contributed by atoms with Gasteiger partial charge in [-0.05, 0) is 54.8 Å². The molecule has 0 bridgehead atoms. The molecule has 3 rings (SSSR count). The van der Waals surface area contributed by atoms with Crippen LogP contribution in [0.3, 0.4) is 0 Å². The molecule has 0 spiro atoms. The van der Waals surface area contributed by atoms with Gasteiger partial charge in [0.25, 0.3) is 0 Å². The number of ketones is 1. The van der Waals surface area contributed by atoms with Gasteiger partial charge in [0.2, 0.25) is 0 Å². The Morgan fingerprint density at radius 3 is 2.58 bits per heavy atom. The number of rotatable bonds is 9. The number of benzene rings is 2. The van der Waals surface area contributed by atoms with E-state index in [0.717, 1.165) is 46.6 Å². The third kappa shape index (κ3) is 5.39. The Bertz CT molecular complexity index is 1110. The van der Waals surface area contributed by atoms with Gasteiger partial charge in [0.1, 0.15) is 0 Å². The molecule has 0 saturated carbocycles. The first-order chi connectivity index (χ1) is 14.8. The van der Waals surface area contributed by atoms with Crippen LogP contribution in [0.25, 0.3) is 10.9 Å². The summed E-state index contributed by atoms with van der Waals surface area (Å²) in [4.78, 5) is 25.4. The molecule has 0 fully saturated rings. The highest BCUT2D eigenvalue weighted by atomic mass is 79.9. The van der Waals surface area contributed by atoms with Gasteiger partial charge in [-0.2, -0.15) is 0 Å². The number of halogens is 2. The summed E-state index contributed by atoms with van der Waals surface area (Å²) < 4.78 is 7.57. The second kappa shape index (κ2) is 10.5. The lowest BCUT2D eigenvalue weighted by Crippen LogP contribution is -2.20. The van der Waals surface area contributed by atoms with Gasteiger partial charge in [0.15, 0.2) is 5.78 Å². The molecular formula is C25H27BrClNO3. The Kier molecular flexibility index (Phi) is 7.95. The maximum atomic E-state index is 13.6. The molecule has 0 aliphatic heterocycles. The highest BCUT2D eigenvalue weighted by molar-refractivity contribution is 9.10. The maximum Gasteiger partial charge on any atom is 0.337 e. The minimum atomic E-state index is -0.378. The van der Waals surface area contributed by atoms with Gasteiger partial charge in [-0.3, -0.25) is 4.79 Å². The number of unbranched alkanes of at least 4 members (excludes halogenated alkanes) is 2. The van der Waals surface area contributed by atoms with E-state index >= 15 is 0 Å². The van der Waals surface area contributed by atoms with Crippen LogP contribution in [0, 0.1) is 5.92 Å². The van der Waals surface area contributed by atoms with Crippen molar-refractivity contribution >= 4 is 50.2 Å². The fourth-order valence-corrected chi connectivity index (χ4v) is 4.68. The van der Waals surface area contributed by atoms with Crippen molar-refractivity contribution in [1.29, 1.82) is 0 Å². The van der Waals surface area contributed by atoms with Crippen LogP contribution in [0.2, 0.25) is 5.02 Å². The summed E-state index contributed by atoms with van der Waals surface area (Å²) in [5, 5.41) is 1.63. The summed E-state index contributed by atoms with van der Waals surface area (Å²) in [7, 11) is 3.29. The van der Waals surface area contributed by atoms with Crippen molar-refractivity contribution in [2.45, 2.75) is 39.0 Å². The number of carbonyl (C=O) groups is 2. The molecule has 3 aromatic rings. The molecule has 1 atom stereocenters. The first kappa shape index (κ1) is 23.6. The number of hydrogen-bond donors (Lipinski definition) is 0. The zero-order valence-electron chi connectivity index (χ0n) is 18.1. The fourth-order valence-electron chi connectivity index (χ4n) is 3.96. The molecule has 1 heterocycles. The zero-order chi connectivity index (χ0) is 22.5. The molecule has 0 saturated heterocycles. The van der Waals surface area contributed by atoms with Crippen molar-refractivity contribution in [2.75, 3.05) is 7.11 Å². The largest absolute Gasteiger partial charge is 0.465 e. The maximum absolute atomic E-state index is 13.6. The van der Waals surface area contributed by atoms with Gasteiger partial charge in [-0.15, -0.1) is 0 Å². The summed E-state index contributed by atoms with van der Waals surface area (Å²) in [6.07, 6.45) is 4.62. The third-order valence-corrected chi connectivity index (χ3v) is 6.70. The van der Waals surface area contributed by atoms with Crippen LogP contribution >= 0.6 is 27.5 Å². The van der Waals surface area contributed by atoms with E-state index in [0.29, 0.717) is 22.7 Å². The van der Waals surface area contributed by atoms with Gasteiger partial charge in [-0.25, -0.2) is 4.79 Å². The van der Waals surface area contributed by atoms with Crippen molar-refractivity contribution < 1.29 is 14.3 Å². The molecule has 31 heavy (non-hydrogen) atoms. The van der Waals surface area contributed by atoms with Crippen LogP contribution < -0.4 is 0 Å². The number of methoxy groups -OCH3 is 1. The van der Waals surface area contributed by atoms with E-state index in [1.807, 2.05) is 41.9 Å². The molecule has 1 aromatic heterocycles. The van der Waals surface area contributed by atoms with E-state index in [9.17, 15) is 9.59 Å². The molecule has 164 valence electrons. The number of ether oxygens (including phenoxy) is 1. The monoisotopic (exact) mass is 503 g/mol. The number of nitrogens with zero attached hydrogens (tertiary/aromatic N) is 1. The molecule has 0 amide bonds. The van der Waals surface area contributed by atoms with Crippen molar-refractivity contribution in [3.8, 4) is 0 Å². The van der Waals surface area contributed by atoms with Crippen molar-refractivity contribution in [1.82, 2.24) is 4.57 Å². The van der Waals surface area contributed by atoms with Crippen molar-refractivity contribution in [3.05, 3.63) is 68.8 Å². The molecule has 4 nitrogen and oxygen atoms in total. The summed E-state index contributed by atoms with van der Waals surface area (Å²) >= 11 is 9.72. The first-order valence-electron chi connectivity index (χ1n) is 10.5. The normalized spacial score (nSPS) is 12.2. The predicted octanol–water partition coefficient (Wildman–Crippen LogP) is 7.00. The van der Waals surface area contributed by atoms with Crippen LogP contribution in [0.1, 0.15) is 59.0 Å². The van der Waals surface area contributed by atoms with Crippen molar-refractivity contribution in [3.63, 3.8) is 0 Å². The lowest BCUT2D eigenvalue weighted by Gasteiger charge is -2.18. The van der Waals surface area contributed by atoms with Gasteiger partial charge in [-0.1, -0.05) is 59.8 Å². The van der Waals surface area contributed by atoms with Crippen LogP contribution in [-0.2, 0) is 18.2 Å². The minimum absolute atomic E-state index is 0.134. The number of hydrogen-bond acceptors (Lipinski definition) is 3. The number of aryl methyl sites for hydroxylation is 1. The van der Waals surface area contributed by atoms with Gasteiger partial charge < -0.3 is 9.30 Å². The lowest BCUT2D eigenvalue weighted by atomic mass is 9.88. The summed E-state index contributed by atoms with van der Waals surface area (Å²) in [6.45, 7) is 2.16. The third-order valence-electron chi connectivity index (χ3n) is 5.72. The molecule has 2 aromatic carbocycles. The topological polar surface area (TPSA) is 48.3 Å². The second-order valence-corrected chi connectivity index (χ2v) is 9.14. The Labute approximate surface area is 196 Å². The number of carbonyl (C=O) groups excluding carboxylic acids is 2. The van der Waals surface area contributed by atoms with Gasteiger partial charge >= 0.3 is 5.97 Å². The average molecular weight is 505 g/mol.